The van der Waals surface area contributed by atoms with Crippen LogP contribution in [0.2, 0.25) is 0 Å². The van der Waals surface area contributed by atoms with E-state index in [2.05, 4.69) is 15.7 Å². The Bertz CT molecular complexity index is 1080. The number of rotatable bonds is 5. The van der Waals surface area contributed by atoms with Gasteiger partial charge in [-0.05, 0) is 24.3 Å². The second-order valence-electron chi connectivity index (χ2n) is 6.89. The molecular weight excluding hydrogens is 417 g/mol. The van der Waals surface area contributed by atoms with E-state index in [0.29, 0.717) is 22.9 Å². The van der Waals surface area contributed by atoms with Gasteiger partial charge in [-0.15, -0.1) is 0 Å². The number of furan rings is 1. The lowest BCUT2D eigenvalue weighted by Gasteiger charge is -2.32. The molecule has 3 aromatic rings. The van der Waals surface area contributed by atoms with Gasteiger partial charge in [-0.1, -0.05) is 0 Å². The molecule has 2 unspecified atom stereocenters. The Balaban J connectivity index is 1.61. The first-order valence-electron chi connectivity index (χ1n) is 9.29. The van der Waals surface area contributed by atoms with E-state index in [1.165, 1.54) is 32.6 Å². The van der Waals surface area contributed by atoms with Crippen LogP contribution < -0.4 is 20.1 Å². The smallest absolute Gasteiger partial charge is 0.410 e. The predicted octanol–water partition coefficient (Wildman–Crippen LogP) is 4.41. The minimum absolute atomic E-state index is 0.0763. The zero-order valence-electron chi connectivity index (χ0n) is 16.6. The molecule has 3 heterocycles. The summed E-state index contributed by atoms with van der Waals surface area (Å²) in [5.41, 5.74) is 0.217. The van der Waals surface area contributed by atoms with Crippen LogP contribution >= 0.6 is 0 Å². The Labute approximate surface area is 174 Å². The Morgan fingerprint density at radius 1 is 1.23 bits per heavy atom. The van der Waals surface area contributed by atoms with Crippen molar-refractivity contribution >= 4 is 17.4 Å². The number of nitrogens with zero attached hydrogens (tertiary/aromatic N) is 2. The number of nitrogens with one attached hydrogen (secondary N) is 2. The lowest BCUT2D eigenvalue weighted by molar-refractivity contribution is -0.174. The molecule has 1 aliphatic heterocycles. The average Bonchev–Trinajstić information content (AvgIpc) is 3.41. The van der Waals surface area contributed by atoms with E-state index in [0.717, 1.165) is 4.68 Å². The third-order valence-corrected chi connectivity index (χ3v) is 4.95. The number of carbonyl (C=O) groups excluding carboxylic acids is 1. The van der Waals surface area contributed by atoms with Gasteiger partial charge in [0.2, 0.25) is 0 Å². The Kier molecular flexibility index (Phi) is 5.25. The summed E-state index contributed by atoms with van der Waals surface area (Å²) in [5.74, 6) is 0.653. The highest BCUT2D eigenvalue weighted by atomic mass is 19.4. The molecule has 164 valence electrons. The van der Waals surface area contributed by atoms with E-state index in [-0.39, 0.29) is 17.9 Å². The maximum Gasteiger partial charge on any atom is 0.410 e. The number of carbonyl (C=O) groups is 1. The SMILES string of the molecule is COc1ccc(NC(=O)c2cc3n(n2)C(C(F)(F)F)CC(c2ccco2)N3)cc1OC. The summed E-state index contributed by atoms with van der Waals surface area (Å²) < 4.78 is 57.5. The van der Waals surface area contributed by atoms with Crippen molar-refractivity contribution in [2.45, 2.75) is 24.7 Å². The topological polar surface area (TPSA) is 90.5 Å². The van der Waals surface area contributed by atoms with E-state index >= 15 is 0 Å². The average molecular weight is 436 g/mol. The summed E-state index contributed by atoms with van der Waals surface area (Å²) in [6.07, 6.45) is -3.47. The highest BCUT2D eigenvalue weighted by molar-refractivity contribution is 6.03. The lowest BCUT2D eigenvalue weighted by atomic mass is 10.0. The number of halogens is 3. The fourth-order valence-electron chi connectivity index (χ4n) is 3.47. The molecular formula is C20H19F3N4O4. The first-order valence-corrected chi connectivity index (χ1v) is 9.29. The van der Waals surface area contributed by atoms with Gasteiger partial charge in [0, 0.05) is 24.2 Å². The van der Waals surface area contributed by atoms with Crippen LogP contribution in [0.3, 0.4) is 0 Å². The van der Waals surface area contributed by atoms with Gasteiger partial charge in [0.15, 0.2) is 23.2 Å². The van der Waals surface area contributed by atoms with Crippen LogP contribution in [0.15, 0.2) is 47.1 Å². The summed E-state index contributed by atoms with van der Waals surface area (Å²) in [5, 5.41) is 9.49. The highest BCUT2D eigenvalue weighted by Gasteiger charge is 2.47. The van der Waals surface area contributed by atoms with Gasteiger partial charge >= 0.3 is 6.18 Å². The lowest BCUT2D eigenvalue weighted by Crippen LogP contribution is -2.35. The minimum Gasteiger partial charge on any atom is -0.493 e. The summed E-state index contributed by atoms with van der Waals surface area (Å²) in [7, 11) is 2.93. The molecule has 2 atom stereocenters. The number of fused-ring (bicyclic) bond motifs is 1. The fourth-order valence-corrected chi connectivity index (χ4v) is 3.47. The largest absolute Gasteiger partial charge is 0.493 e. The van der Waals surface area contributed by atoms with Gasteiger partial charge < -0.3 is 24.5 Å². The van der Waals surface area contributed by atoms with Crippen molar-refractivity contribution in [3.05, 3.63) is 54.1 Å². The van der Waals surface area contributed by atoms with Crippen molar-refractivity contribution < 1.29 is 31.9 Å². The van der Waals surface area contributed by atoms with Crippen LogP contribution in [-0.2, 0) is 0 Å². The second kappa shape index (κ2) is 7.89. The van der Waals surface area contributed by atoms with E-state index in [1.807, 2.05) is 0 Å². The molecule has 2 N–H and O–H groups in total. The van der Waals surface area contributed by atoms with Gasteiger partial charge in [-0.3, -0.25) is 4.79 Å². The molecule has 31 heavy (non-hydrogen) atoms. The number of amides is 1. The van der Waals surface area contributed by atoms with Crippen LogP contribution in [0.5, 0.6) is 11.5 Å². The maximum absolute atomic E-state index is 13.7. The third-order valence-electron chi connectivity index (χ3n) is 4.95. The van der Waals surface area contributed by atoms with Crippen LogP contribution in [0.4, 0.5) is 24.7 Å². The van der Waals surface area contributed by atoms with Gasteiger partial charge in [0.05, 0.1) is 26.5 Å². The summed E-state index contributed by atoms with van der Waals surface area (Å²) in [4.78, 5) is 12.7. The zero-order chi connectivity index (χ0) is 22.2. The normalized spacial score (nSPS) is 18.1. The maximum atomic E-state index is 13.7. The van der Waals surface area contributed by atoms with Crippen LogP contribution in [0.1, 0.15) is 34.8 Å². The molecule has 1 aliphatic rings. The van der Waals surface area contributed by atoms with Crippen molar-refractivity contribution in [1.29, 1.82) is 0 Å². The van der Waals surface area contributed by atoms with Gasteiger partial charge in [-0.25, -0.2) is 4.68 Å². The molecule has 4 rings (SSSR count). The molecule has 11 heteroatoms. The van der Waals surface area contributed by atoms with E-state index in [9.17, 15) is 18.0 Å². The van der Waals surface area contributed by atoms with Crippen LogP contribution in [0.25, 0.3) is 0 Å². The number of aromatic nitrogens is 2. The van der Waals surface area contributed by atoms with Crippen molar-refractivity contribution in [3.63, 3.8) is 0 Å². The molecule has 0 saturated heterocycles. The number of hydrogen-bond acceptors (Lipinski definition) is 6. The number of hydrogen-bond donors (Lipinski definition) is 2. The molecule has 0 saturated carbocycles. The van der Waals surface area contributed by atoms with E-state index in [4.69, 9.17) is 13.9 Å². The summed E-state index contributed by atoms with van der Waals surface area (Å²) >= 11 is 0. The van der Waals surface area contributed by atoms with E-state index < -0.39 is 24.2 Å². The van der Waals surface area contributed by atoms with Gasteiger partial charge in [-0.2, -0.15) is 18.3 Å². The summed E-state index contributed by atoms with van der Waals surface area (Å²) in [6.45, 7) is 0. The van der Waals surface area contributed by atoms with Crippen molar-refractivity contribution in [2.75, 3.05) is 24.9 Å². The highest BCUT2D eigenvalue weighted by Crippen LogP contribution is 2.43. The Hall–Kier alpha value is -3.63. The number of alkyl halides is 3. The standard InChI is InChI=1S/C20H19F3N4O4/c1-29-15-6-5-11(8-16(15)30-2)24-19(28)13-10-18-25-12(14-4-3-7-31-14)9-17(20(21,22)23)27(18)26-13/h3-8,10,12,17,25H,9H2,1-2H3,(H,24,28). The molecule has 0 radical (unpaired) electrons. The van der Waals surface area contributed by atoms with Gasteiger partial charge in [0.1, 0.15) is 11.6 Å². The van der Waals surface area contributed by atoms with E-state index in [1.54, 1.807) is 24.3 Å². The van der Waals surface area contributed by atoms with Crippen LogP contribution in [0, 0.1) is 0 Å². The fraction of sp³-hybridized carbons (Fsp3) is 0.300. The van der Waals surface area contributed by atoms with Gasteiger partial charge in [0.25, 0.3) is 5.91 Å². The molecule has 0 fully saturated rings. The number of methoxy groups -OCH3 is 2. The predicted molar refractivity (Wildman–Crippen MR) is 105 cm³/mol. The monoisotopic (exact) mass is 436 g/mol. The minimum atomic E-state index is -4.55. The Morgan fingerprint density at radius 2 is 2.00 bits per heavy atom. The quantitative estimate of drug-likeness (QED) is 0.616. The van der Waals surface area contributed by atoms with Crippen LogP contribution in [-0.4, -0.2) is 36.1 Å². The molecule has 0 bridgehead atoms. The summed E-state index contributed by atoms with van der Waals surface area (Å²) in [6, 6.07) is 6.60. The zero-order valence-corrected chi connectivity index (χ0v) is 16.6. The number of benzene rings is 1. The number of ether oxygens (including phenoxy) is 2. The Morgan fingerprint density at radius 3 is 2.65 bits per heavy atom. The third kappa shape index (κ3) is 4.03. The second-order valence-corrected chi connectivity index (χ2v) is 6.89. The molecule has 0 spiro atoms. The molecule has 1 aromatic carbocycles. The molecule has 1 amide bonds. The van der Waals surface area contributed by atoms with Crippen molar-refractivity contribution in [3.8, 4) is 11.5 Å². The van der Waals surface area contributed by atoms with Crippen molar-refractivity contribution in [2.24, 2.45) is 0 Å². The van der Waals surface area contributed by atoms with Crippen molar-refractivity contribution in [1.82, 2.24) is 9.78 Å². The molecule has 2 aromatic heterocycles. The first kappa shape index (κ1) is 20.6. The molecule has 0 aliphatic carbocycles. The number of anilines is 2. The first-order chi connectivity index (χ1) is 14.8. The molecule has 8 nitrogen and oxygen atoms in total.